The largest absolute Gasteiger partial charge is 0.383 e. The van der Waals surface area contributed by atoms with Crippen LogP contribution in [-0.4, -0.2) is 50.9 Å². The van der Waals surface area contributed by atoms with Crippen molar-refractivity contribution >= 4 is 31.9 Å². The summed E-state index contributed by atoms with van der Waals surface area (Å²) < 4.78 is 34.1. The molecule has 0 bridgehead atoms. The van der Waals surface area contributed by atoms with E-state index in [0.29, 0.717) is 11.0 Å². The first kappa shape index (κ1) is 21.5. The number of benzene rings is 1. The van der Waals surface area contributed by atoms with Crippen LogP contribution in [0.3, 0.4) is 0 Å². The number of ether oxygens (including phenoxy) is 1. The average molecular weight is 459 g/mol. The fourth-order valence-electron chi connectivity index (χ4n) is 2.40. The van der Waals surface area contributed by atoms with E-state index in [2.05, 4.69) is 31.1 Å². The van der Waals surface area contributed by atoms with Crippen LogP contribution in [0.4, 0.5) is 0 Å². The van der Waals surface area contributed by atoms with E-state index in [1.807, 2.05) is 13.2 Å². The van der Waals surface area contributed by atoms with Gasteiger partial charge in [-0.05, 0) is 52.5 Å². The summed E-state index contributed by atoms with van der Waals surface area (Å²) in [6, 6.07) is 4.35. The number of nitrogens with one attached hydrogen (secondary N) is 2. The second kappa shape index (κ2) is 9.98. The molecule has 2 aromatic rings. The maximum atomic E-state index is 12.4. The van der Waals surface area contributed by atoms with Gasteiger partial charge in [0.25, 0.3) is 5.91 Å². The molecule has 0 radical (unpaired) electrons. The molecule has 1 aromatic heterocycles. The van der Waals surface area contributed by atoms with E-state index >= 15 is 0 Å². The van der Waals surface area contributed by atoms with Crippen LogP contribution >= 0.6 is 15.9 Å². The van der Waals surface area contributed by atoms with Gasteiger partial charge in [-0.1, -0.05) is 0 Å². The zero-order valence-electron chi connectivity index (χ0n) is 15.2. The zero-order chi connectivity index (χ0) is 19.9. The third-order valence-electron chi connectivity index (χ3n) is 3.78. The molecule has 10 heteroatoms. The fraction of sp³-hybridized carbons (Fsp3) is 0.412. The molecule has 0 saturated carbocycles. The number of carbonyl (C=O) groups excluding carboxylic acids is 1. The van der Waals surface area contributed by atoms with Crippen molar-refractivity contribution in [3.05, 3.63) is 46.2 Å². The molecule has 2 N–H and O–H groups in total. The predicted molar refractivity (Wildman–Crippen MR) is 105 cm³/mol. The van der Waals surface area contributed by atoms with E-state index in [0.717, 1.165) is 18.4 Å². The number of methoxy groups -OCH3 is 1. The topological polar surface area (TPSA) is 102 Å². The van der Waals surface area contributed by atoms with Crippen molar-refractivity contribution in [3.8, 4) is 0 Å². The minimum Gasteiger partial charge on any atom is -0.383 e. The second-order valence-electron chi connectivity index (χ2n) is 5.91. The number of aromatic nitrogens is 2. The normalized spacial score (nSPS) is 11.5. The third-order valence-corrected chi connectivity index (χ3v) is 5.93. The highest BCUT2D eigenvalue weighted by Crippen LogP contribution is 2.21. The van der Waals surface area contributed by atoms with Crippen molar-refractivity contribution in [2.24, 2.45) is 7.05 Å². The van der Waals surface area contributed by atoms with E-state index in [1.165, 1.54) is 19.2 Å². The first-order chi connectivity index (χ1) is 12.8. The second-order valence-corrected chi connectivity index (χ2v) is 8.54. The Morgan fingerprint density at radius 1 is 1.33 bits per heavy atom. The minimum atomic E-state index is -3.70. The molecule has 0 aliphatic rings. The summed E-state index contributed by atoms with van der Waals surface area (Å²) in [7, 11) is -0.358. The summed E-state index contributed by atoms with van der Waals surface area (Å²) >= 11 is 3.30. The molecular weight excluding hydrogens is 436 g/mol. The molecule has 0 aliphatic carbocycles. The number of hydrogen-bond donors (Lipinski definition) is 2. The number of rotatable bonds is 10. The van der Waals surface area contributed by atoms with Crippen molar-refractivity contribution < 1.29 is 17.9 Å². The van der Waals surface area contributed by atoms with E-state index < -0.39 is 10.0 Å². The molecule has 1 heterocycles. The van der Waals surface area contributed by atoms with Crippen molar-refractivity contribution in [2.75, 3.05) is 26.8 Å². The number of sulfonamides is 1. The molecule has 148 valence electrons. The number of hydrogen-bond acceptors (Lipinski definition) is 5. The molecule has 1 amide bonds. The third kappa shape index (κ3) is 6.42. The van der Waals surface area contributed by atoms with Gasteiger partial charge in [0.15, 0.2) is 0 Å². The van der Waals surface area contributed by atoms with Crippen LogP contribution in [-0.2, 0) is 28.2 Å². The quantitative estimate of drug-likeness (QED) is 0.524. The Labute approximate surface area is 167 Å². The van der Waals surface area contributed by atoms with Crippen LogP contribution < -0.4 is 10.0 Å². The van der Waals surface area contributed by atoms with E-state index in [9.17, 15) is 13.2 Å². The lowest BCUT2D eigenvalue weighted by Gasteiger charge is -2.10. The Bertz CT molecular complexity index is 883. The Balaban J connectivity index is 1.96. The lowest BCUT2D eigenvalue weighted by Crippen LogP contribution is -2.28. The van der Waals surface area contributed by atoms with Crippen LogP contribution in [0.2, 0.25) is 0 Å². The summed E-state index contributed by atoms with van der Waals surface area (Å²) in [6.45, 7) is 0.897. The number of halogens is 1. The van der Waals surface area contributed by atoms with Gasteiger partial charge in [0.1, 0.15) is 0 Å². The van der Waals surface area contributed by atoms with Crippen molar-refractivity contribution in [1.29, 1.82) is 0 Å². The molecule has 27 heavy (non-hydrogen) atoms. The van der Waals surface area contributed by atoms with Gasteiger partial charge in [-0.3, -0.25) is 9.48 Å². The first-order valence-electron chi connectivity index (χ1n) is 8.37. The van der Waals surface area contributed by atoms with Crippen LogP contribution in [0, 0.1) is 0 Å². The maximum absolute atomic E-state index is 12.4. The van der Waals surface area contributed by atoms with Gasteiger partial charge in [0.05, 0.1) is 23.3 Å². The lowest BCUT2D eigenvalue weighted by molar-refractivity contribution is 0.0952. The first-order valence-corrected chi connectivity index (χ1v) is 10.6. The highest BCUT2D eigenvalue weighted by Gasteiger charge is 2.18. The summed E-state index contributed by atoms with van der Waals surface area (Å²) in [5, 5.41) is 6.92. The number of amides is 1. The molecule has 0 unspecified atom stereocenters. The summed E-state index contributed by atoms with van der Waals surface area (Å²) in [6.07, 6.45) is 5.28. The molecule has 1 aromatic carbocycles. The predicted octanol–water partition coefficient (Wildman–Crippen LogP) is 1.47. The summed E-state index contributed by atoms with van der Waals surface area (Å²) in [5.74, 6) is -0.331. The van der Waals surface area contributed by atoms with Gasteiger partial charge in [0, 0.05) is 37.9 Å². The lowest BCUT2D eigenvalue weighted by atomic mass is 10.2. The zero-order valence-corrected chi connectivity index (χ0v) is 17.6. The monoisotopic (exact) mass is 458 g/mol. The van der Waals surface area contributed by atoms with Gasteiger partial charge >= 0.3 is 0 Å². The average Bonchev–Trinajstić information content (AvgIpc) is 3.04. The van der Waals surface area contributed by atoms with Crippen molar-refractivity contribution in [2.45, 2.75) is 17.7 Å². The minimum absolute atomic E-state index is 0.0299. The van der Waals surface area contributed by atoms with Gasteiger partial charge in [-0.15, -0.1) is 0 Å². The number of carbonyl (C=O) groups is 1. The Morgan fingerprint density at radius 3 is 2.78 bits per heavy atom. The number of nitrogens with zero attached hydrogens (tertiary/aromatic N) is 2. The summed E-state index contributed by atoms with van der Waals surface area (Å²) in [4.78, 5) is 12.5. The molecule has 2 rings (SSSR count). The Hall–Kier alpha value is -1.75. The maximum Gasteiger partial charge on any atom is 0.252 e. The molecule has 0 fully saturated rings. The van der Waals surface area contributed by atoms with Gasteiger partial charge in [0.2, 0.25) is 10.0 Å². The van der Waals surface area contributed by atoms with Gasteiger partial charge in [-0.25, -0.2) is 13.1 Å². The van der Waals surface area contributed by atoms with Gasteiger partial charge in [-0.2, -0.15) is 5.10 Å². The molecule has 0 saturated heterocycles. The molecule has 0 atom stereocenters. The van der Waals surface area contributed by atoms with Crippen LogP contribution in [0.25, 0.3) is 0 Å². The Morgan fingerprint density at radius 2 is 2.11 bits per heavy atom. The Kier molecular flexibility index (Phi) is 7.96. The van der Waals surface area contributed by atoms with Crippen molar-refractivity contribution in [3.63, 3.8) is 0 Å². The molecule has 0 aliphatic heterocycles. The SMILES string of the molecule is COCCNS(=O)(=O)c1ccc(Br)c(C(=O)NCCCc2cnn(C)c2)c1. The smallest absolute Gasteiger partial charge is 0.252 e. The van der Waals surface area contributed by atoms with Crippen LogP contribution in [0.15, 0.2) is 40.0 Å². The van der Waals surface area contributed by atoms with Crippen LogP contribution in [0.5, 0.6) is 0 Å². The number of aryl methyl sites for hydroxylation is 2. The molecule has 0 spiro atoms. The molecular formula is C17H23BrN4O4S. The van der Waals surface area contributed by atoms with E-state index in [1.54, 1.807) is 16.9 Å². The van der Waals surface area contributed by atoms with Crippen molar-refractivity contribution in [1.82, 2.24) is 19.8 Å². The highest BCUT2D eigenvalue weighted by molar-refractivity contribution is 9.10. The standard InChI is InChI=1S/C17H23BrN4O4S/c1-22-12-13(11-20-22)4-3-7-19-17(23)15-10-14(5-6-16(15)18)27(24,25)21-8-9-26-2/h5-6,10-12,21H,3-4,7-9H2,1-2H3,(H,19,23). The highest BCUT2D eigenvalue weighted by atomic mass is 79.9. The molecule has 8 nitrogen and oxygen atoms in total. The summed E-state index contributed by atoms with van der Waals surface area (Å²) in [5.41, 5.74) is 1.37. The van der Waals surface area contributed by atoms with E-state index in [-0.39, 0.29) is 29.5 Å². The van der Waals surface area contributed by atoms with E-state index in [4.69, 9.17) is 4.74 Å². The van der Waals surface area contributed by atoms with Crippen LogP contribution in [0.1, 0.15) is 22.3 Å². The van der Waals surface area contributed by atoms with Gasteiger partial charge < -0.3 is 10.1 Å². The fourth-order valence-corrected chi connectivity index (χ4v) is 3.86.